The van der Waals surface area contributed by atoms with Crippen LogP contribution in [0.1, 0.15) is 47.1 Å². The Bertz CT molecular complexity index is 1150. The van der Waals surface area contributed by atoms with Crippen LogP contribution in [-0.2, 0) is 54.0 Å². The van der Waals surface area contributed by atoms with Gasteiger partial charge in [0.05, 0.1) is 26.9 Å². The van der Waals surface area contributed by atoms with E-state index in [2.05, 4.69) is 53.0 Å². The minimum absolute atomic E-state index is 0.210. The molecule has 0 spiro atoms. The molecule has 0 aliphatic carbocycles. The summed E-state index contributed by atoms with van der Waals surface area (Å²) < 4.78 is 67.0. The Morgan fingerprint density at radius 2 is 1.35 bits per heavy atom. The van der Waals surface area contributed by atoms with Gasteiger partial charge in [0, 0.05) is 28.4 Å². The second-order valence-electron chi connectivity index (χ2n) is 13.7. The van der Waals surface area contributed by atoms with Crippen molar-refractivity contribution in [1.29, 1.82) is 0 Å². The Hall–Kier alpha value is -1.60. The van der Waals surface area contributed by atoms with E-state index in [1.54, 1.807) is 35.5 Å². The lowest BCUT2D eigenvalue weighted by atomic mass is 9.97. The molecule has 3 saturated heterocycles. The van der Waals surface area contributed by atoms with E-state index in [0.29, 0.717) is 29.8 Å². The molecule has 10 atom stereocenters. The average molecular weight is 695 g/mol. The van der Waals surface area contributed by atoms with Crippen molar-refractivity contribution in [3.8, 4) is 17.2 Å². The van der Waals surface area contributed by atoms with Crippen molar-refractivity contribution < 1.29 is 52.1 Å². The molecule has 4 rings (SSSR count). The summed E-state index contributed by atoms with van der Waals surface area (Å²) in [5.41, 5.74) is 6.31. The molecule has 272 valence electrons. The minimum Gasteiger partial charge on any atom is -0.497 e. The molecule has 0 aromatic heterocycles. The van der Waals surface area contributed by atoms with Gasteiger partial charge in [-0.1, -0.05) is 59.6 Å². The molecule has 1 aromatic rings. The molecule has 12 heteroatoms. The van der Waals surface area contributed by atoms with Crippen molar-refractivity contribution in [3.05, 3.63) is 29.8 Å². The first kappa shape index (κ1) is 39.2. The van der Waals surface area contributed by atoms with Crippen LogP contribution in [0.3, 0.4) is 0 Å². The maximum Gasteiger partial charge on any atom is 0.187 e. The number of ether oxygens (including phenoxy) is 11. The van der Waals surface area contributed by atoms with Crippen LogP contribution < -0.4 is 4.74 Å². The maximum atomic E-state index is 6.67. The van der Waals surface area contributed by atoms with Gasteiger partial charge in [0.15, 0.2) is 12.6 Å². The van der Waals surface area contributed by atoms with Crippen molar-refractivity contribution in [2.75, 3.05) is 55.4 Å². The van der Waals surface area contributed by atoms with E-state index in [-0.39, 0.29) is 19.3 Å². The lowest BCUT2D eigenvalue weighted by molar-refractivity contribution is -0.349. The van der Waals surface area contributed by atoms with E-state index in [4.69, 9.17) is 52.1 Å². The Balaban J connectivity index is 1.56. The molecular weight excluding hydrogens is 636 g/mol. The second kappa shape index (κ2) is 18.1. The quantitative estimate of drug-likeness (QED) is 0.136. The van der Waals surface area contributed by atoms with Crippen LogP contribution in [0.2, 0.25) is 16.6 Å². The highest BCUT2D eigenvalue weighted by atomic mass is 28.3. The fourth-order valence-electron chi connectivity index (χ4n) is 7.77. The number of methoxy groups -OCH3 is 5. The zero-order valence-corrected chi connectivity index (χ0v) is 31.6. The Labute approximate surface area is 288 Å². The van der Waals surface area contributed by atoms with Gasteiger partial charge in [-0.3, -0.25) is 0 Å². The van der Waals surface area contributed by atoms with Crippen LogP contribution in [0.15, 0.2) is 24.3 Å². The minimum atomic E-state index is -1.89. The molecule has 3 aliphatic heterocycles. The maximum absolute atomic E-state index is 6.67. The molecule has 2 bridgehead atoms. The normalized spacial score (nSPS) is 32.1. The number of hydrogen-bond donors (Lipinski definition) is 0. The summed E-state index contributed by atoms with van der Waals surface area (Å²) in [6.45, 7) is 15.0. The van der Waals surface area contributed by atoms with Gasteiger partial charge in [0.1, 0.15) is 69.3 Å². The Morgan fingerprint density at radius 3 is 1.92 bits per heavy atom. The van der Waals surface area contributed by atoms with Gasteiger partial charge < -0.3 is 52.1 Å². The van der Waals surface area contributed by atoms with Gasteiger partial charge in [0.2, 0.25) is 0 Å². The first-order valence-corrected chi connectivity index (χ1v) is 19.3. The Kier molecular flexibility index (Phi) is 14.7. The van der Waals surface area contributed by atoms with E-state index in [9.17, 15) is 0 Å². The monoisotopic (exact) mass is 694 g/mol. The van der Waals surface area contributed by atoms with Crippen LogP contribution >= 0.6 is 0 Å². The summed E-state index contributed by atoms with van der Waals surface area (Å²) in [5, 5.41) is 0. The Morgan fingerprint density at radius 1 is 0.750 bits per heavy atom. The first-order valence-electron chi connectivity index (χ1n) is 17.1. The number of fused-ring (bicyclic) bond motifs is 2. The number of rotatable bonds is 16. The largest absolute Gasteiger partial charge is 0.497 e. The van der Waals surface area contributed by atoms with E-state index >= 15 is 0 Å². The fraction of sp³-hybridized carbons (Fsp3) is 0.778. The predicted octanol–water partition coefficient (Wildman–Crippen LogP) is 4.74. The third-order valence-corrected chi connectivity index (χ3v) is 16.6. The molecule has 0 unspecified atom stereocenters. The van der Waals surface area contributed by atoms with E-state index in [0.717, 1.165) is 11.3 Å². The molecule has 0 amide bonds. The van der Waals surface area contributed by atoms with E-state index < -0.39 is 63.4 Å². The molecule has 3 heterocycles. The van der Waals surface area contributed by atoms with Crippen molar-refractivity contribution >= 4 is 8.07 Å². The predicted molar refractivity (Wildman–Crippen MR) is 183 cm³/mol. The standard InChI is InChI=1S/C36H58O11Si/c1-22(2)48(23(3)4,24(5)6)18-12-17-42-20-27-29(43-19-25-13-15-26(37-7)16-14-25)31(38-8)34(41-11)36(46-27)47-30-28-21-44-35(45-28)33(40-10)32(30)39-9/h13-16,22-24,27-36H,17,19-21H2,1-11H3/t27-,28-,29-,30-,31+,32+,33-,34-,35-,36-/m1/s1. The topological polar surface area (TPSA) is 102 Å². The molecule has 0 radical (unpaired) electrons. The molecular formula is C36H58O11Si. The zero-order chi connectivity index (χ0) is 35.0. The third kappa shape index (κ3) is 8.46. The summed E-state index contributed by atoms with van der Waals surface area (Å²) in [7, 11) is 6.23. The fourth-order valence-corrected chi connectivity index (χ4v) is 13.0. The average Bonchev–Trinajstić information content (AvgIpc) is 3.50. The molecule has 0 N–H and O–H groups in total. The van der Waals surface area contributed by atoms with Crippen molar-refractivity contribution in [2.45, 2.75) is 126 Å². The molecule has 0 saturated carbocycles. The summed E-state index contributed by atoms with van der Waals surface area (Å²) in [6, 6.07) is 7.75. The van der Waals surface area contributed by atoms with Gasteiger partial charge in [-0.2, -0.15) is 0 Å². The first-order chi connectivity index (χ1) is 23.1. The lowest BCUT2D eigenvalue weighted by Gasteiger charge is -2.47. The van der Waals surface area contributed by atoms with Crippen molar-refractivity contribution in [2.24, 2.45) is 0 Å². The van der Waals surface area contributed by atoms with Crippen LogP contribution in [-0.4, -0.2) is 125 Å². The van der Waals surface area contributed by atoms with Crippen molar-refractivity contribution in [1.82, 2.24) is 0 Å². The highest BCUT2D eigenvalue weighted by molar-refractivity contribution is 6.90. The van der Waals surface area contributed by atoms with Gasteiger partial charge in [0.25, 0.3) is 0 Å². The van der Waals surface area contributed by atoms with Crippen LogP contribution in [0.5, 0.6) is 5.75 Å². The number of hydrogen-bond acceptors (Lipinski definition) is 11. The SMILES string of the molecule is COc1ccc(CO[C@H]2[C@H](OC)[C@@H](OC)[C@@H](O[C@H]3[C@H](OC)[C@@H](OC)[C@@H]4OC[C@H]3O4)O[C@@H]2COCC#C[Si](C(C)C)(C(C)C)C(C)C)cc1. The molecule has 48 heavy (non-hydrogen) atoms. The van der Waals surface area contributed by atoms with E-state index in [1.165, 1.54) is 0 Å². The summed E-state index contributed by atoms with van der Waals surface area (Å²) in [4.78, 5) is 0. The van der Waals surface area contributed by atoms with Gasteiger partial charge in [-0.15, -0.1) is 5.54 Å². The second-order valence-corrected chi connectivity index (χ2v) is 19.2. The van der Waals surface area contributed by atoms with Crippen LogP contribution in [0, 0.1) is 11.5 Å². The highest BCUT2D eigenvalue weighted by Crippen LogP contribution is 2.41. The van der Waals surface area contributed by atoms with Crippen LogP contribution in [0.25, 0.3) is 0 Å². The third-order valence-electron chi connectivity index (χ3n) is 10.2. The molecule has 1 aromatic carbocycles. The summed E-state index contributed by atoms with van der Waals surface area (Å²) in [5.74, 6) is 4.17. The van der Waals surface area contributed by atoms with Gasteiger partial charge >= 0.3 is 0 Å². The van der Waals surface area contributed by atoms with Gasteiger partial charge in [-0.05, 0) is 34.3 Å². The van der Waals surface area contributed by atoms with Gasteiger partial charge in [-0.25, -0.2) is 0 Å². The lowest BCUT2D eigenvalue weighted by Crippen LogP contribution is -2.64. The van der Waals surface area contributed by atoms with Crippen LogP contribution in [0.4, 0.5) is 0 Å². The molecule has 3 fully saturated rings. The summed E-state index contributed by atoms with van der Waals surface area (Å²) in [6.07, 6.45) is -5.53. The number of benzene rings is 1. The van der Waals surface area contributed by atoms with E-state index in [1.807, 2.05) is 24.3 Å². The zero-order valence-electron chi connectivity index (χ0n) is 30.6. The smallest absolute Gasteiger partial charge is 0.187 e. The molecule has 11 nitrogen and oxygen atoms in total. The molecule has 3 aliphatic rings. The highest BCUT2D eigenvalue weighted by Gasteiger charge is 2.56. The summed E-state index contributed by atoms with van der Waals surface area (Å²) >= 11 is 0. The van der Waals surface area contributed by atoms with Crippen molar-refractivity contribution in [3.63, 3.8) is 0 Å².